The molecule has 0 radical (unpaired) electrons. The molecular formula is C14H19N3OS. The molecule has 19 heavy (non-hydrogen) atoms. The van der Waals surface area contributed by atoms with Crippen LogP contribution in [0.1, 0.15) is 32.5 Å². The molecule has 2 N–H and O–H groups in total. The molecule has 1 unspecified atom stereocenters. The van der Waals surface area contributed by atoms with Crippen molar-refractivity contribution >= 4 is 27.4 Å². The van der Waals surface area contributed by atoms with Gasteiger partial charge >= 0.3 is 0 Å². The highest BCUT2D eigenvalue weighted by molar-refractivity contribution is 7.16. The van der Waals surface area contributed by atoms with E-state index in [1.807, 2.05) is 11.4 Å². The van der Waals surface area contributed by atoms with Gasteiger partial charge < -0.3 is 10.4 Å². The van der Waals surface area contributed by atoms with Gasteiger partial charge in [0, 0.05) is 6.42 Å². The first-order valence-corrected chi connectivity index (χ1v) is 7.67. The highest BCUT2D eigenvalue weighted by Gasteiger charge is 2.41. The first kappa shape index (κ1) is 12.8. The Labute approximate surface area is 116 Å². The number of nitrogens with zero attached hydrogens (tertiary/aromatic N) is 2. The summed E-state index contributed by atoms with van der Waals surface area (Å²) in [6.45, 7) is 4.27. The van der Waals surface area contributed by atoms with Crippen molar-refractivity contribution in [3.05, 3.63) is 17.3 Å². The molecule has 1 aliphatic rings. The number of nitrogens with one attached hydrogen (secondary N) is 1. The lowest BCUT2D eigenvalue weighted by atomic mass is 9.97. The van der Waals surface area contributed by atoms with E-state index in [1.54, 1.807) is 11.3 Å². The normalized spacial score (nSPS) is 18.5. The Balaban J connectivity index is 2.01. The molecule has 0 amide bonds. The van der Waals surface area contributed by atoms with Crippen LogP contribution in [-0.4, -0.2) is 27.2 Å². The van der Waals surface area contributed by atoms with Gasteiger partial charge in [0.05, 0.1) is 17.5 Å². The number of hydrogen-bond donors (Lipinski definition) is 2. The Morgan fingerprint density at radius 1 is 1.47 bits per heavy atom. The molecule has 0 saturated heterocycles. The quantitative estimate of drug-likeness (QED) is 0.882. The van der Waals surface area contributed by atoms with Crippen molar-refractivity contribution in [2.45, 2.75) is 38.6 Å². The van der Waals surface area contributed by atoms with Gasteiger partial charge in [0.25, 0.3) is 0 Å². The number of aryl methyl sites for hydroxylation is 1. The van der Waals surface area contributed by atoms with Crippen LogP contribution in [-0.2, 0) is 6.42 Å². The van der Waals surface area contributed by atoms with Gasteiger partial charge in [-0.15, -0.1) is 11.3 Å². The lowest BCUT2D eigenvalue weighted by Crippen LogP contribution is -2.41. The molecule has 1 fully saturated rings. The van der Waals surface area contributed by atoms with Crippen LogP contribution in [0.4, 0.5) is 5.82 Å². The molecule has 1 aliphatic carbocycles. The fraction of sp³-hybridized carbons (Fsp3) is 0.571. The van der Waals surface area contributed by atoms with Gasteiger partial charge in [-0.3, -0.25) is 0 Å². The van der Waals surface area contributed by atoms with E-state index in [0.29, 0.717) is 5.92 Å². The van der Waals surface area contributed by atoms with E-state index in [1.165, 1.54) is 12.8 Å². The molecule has 2 aromatic heterocycles. The number of fused-ring (bicyclic) bond motifs is 1. The summed E-state index contributed by atoms with van der Waals surface area (Å²) >= 11 is 1.64. The van der Waals surface area contributed by atoms with E-state index >= 15 is 0 Å². The number of anilines is 1. The molecule has 3 rings (SSSR count). The van der Waals surface area contributed by atoms with E-state index in [9.17, 15) is 5.11 Å². The molecule has 1 atom stereocenters. The lowest BCUT2D eigenvalue weighted by Gasteiger charge is -2.29. The minimum Gasteiger partial charge on any atom is -0.394 e. The maximum atomic E-state index is 9.70. The Morgan fingerprint density at radius 3 is 2.89 bits per heavy atom. The molecule has 0 bridgehead atoms. The zero-order valence-corrected chi connectivity index (χ0v) is 12.1. The molecule has 102 valence electrons. The topological polar surface area (TPSA) is 58.0 Å². The molecule has 0 aromatic carbocycles. The van der Waals surface area contributed by atoms with Crippen LogP contribution < -0.4 is 5.32 Å². The second-order valence-corrected chi connectivity index (χ2v) is 6.35. The van der Waals surface area contributed by atoms with Gasteiger partial charge in [-0.1, -0.05) is 6.92 Å². The van der Waals surface area contributed by atoms with E-state index in [-0.39, 0.29) is 12.1 Å². The van der Waals surface area contributed by atoms with Crippen LogP contribution in [0.15, 0.2) is 11.4 Å². The molecule has 5 heteroatoms. The van der Waals surface area contributed by atoms with E-state index in [4.69, 9.17) is 0 Å². The lowest BCUT2D eigenvalue weighted by molar-refractivity contribution is 0.206. The van der Waals surface area contributed by atoms with Crippen molar-refractivity contribution in [2.24, 2.45) is 5.92 Å². The third kappa shape index (κ3) is 2.32. The van der Waals surface area contributed by atoms with Crippen molar-refractivity contribution in [1.29, 1.82) is 0 Å². The average molecular weight is 277 g/mol. The number of aliphatic hydroxyl groups is 1. The van der Waals surface area contributed by atoms with Crippen LogP contribution in [0, 0.1) is 5.92 Å². The van der Waals surface area contributed by atoms with Gasteiger partial charge in [-0.05, 0) is 37.1 Å². The largest absolute Gasteiger partial charge is 0.394 e. The molecule has 4 nitrogen and oxygen atoms in total. The summed E-state index contributed by atoms with van der Waals surface area (Å²) in [4.78, 5) is 10.2. The summed E-state index contributed by atoms with van der Waals surface area (Å²) in [6, 6.07) is 2.05. The van der Waals surface area contributed by atoms with Crippen molar-refractivity contribution in [3.8, 4) is 0 Å². The van der Waals surface area contributed by atoms with Gasteiger partial charge in [0.15, 0.2) is 0 Å². The number of rotatable bonds is 5. The van der Waals surface area contributed by atoms with Crippen molar-refractivity contribution in [3.63, 3.8) is 0 Å². The maximum absolute atomic E-state index is 9.70. The summed E-state index contributed by atoms with van der Waals surface area (Å²) in [5.74, 6) is 2.27. The third-order valence-electron chi connectivity index (χ3n) is 3.90. The fourth-order valence-corrected chi connectivity index (χ4v) is 3.20. The van der Waals surface area contributed by atoms with Crippen molar-refractivity contribution < 1.29 is 5.11 Å². The van der Waals surface area contributed by atoms with Crippen molar-refractivity contribution in [1.82, 2.24) is 9.97 Å². The van der Waals surface area contributed by atoms with Gasteiger partial charge in [0.1, 0.15) is 16.5 Å². The summed E-state index contributed by atoms with van der Waals surface area (Å²) in [6.07, 6.45) is 3.19. The van der Waals surface area contributed by atoms with Gasteiger partial charge in [0.2, 0.25) is 0 Å². The Hall–Kier alpha value is -1.20. The van der Waals surface area contributed by atoms with E-state index in [2.05, 4.69) is 29.1 Å². The zero-order chi connectivity index (χ0) is 13.5. The second-order valence-electron chi connectivity index (χ2n) is 5.46. The van der Waals surface area contributed by atoms with Gasteiger partial charge in [-0.25, -0.2) is 9.97 Å². The van der Waals surface area contributed by atoms with Crippen LogP contribution in [0.3, 0.4) is 0 Å². The summed E-state index contributed by atoms with van der Waals surface area (Å²) < 4.78 is 0. The summed E-state index contributed by atoms with van der Waals surface area (Å²) in [5, 5.41) is 16.3. The minimum absolute atomic E-state index is 0.134. The second kappa shape index (κ2) is 4.72. The van der Waals surface area contributed by atoms with E-state index in [0.717, 1.165) is 28.3 Å². The zero-order valence-electron chi connectivity index (χ0n) is 11.3. The fourth-order valence-electron chi connectivity index (χ4n) is 2.41. The maximum Gasteiger partial charge on any atom is 0.139 e. The van der Waals surface area contributed by atoms with Crippen LogP contribution in [0.25, 0.3) is 10.2 Å². The molecule has 0 aliphatic heterocycles. The summed E-state index contributed by atoms with van der Waals surface area (Å²) in [5.41, 5.74) is -0.270. The van der Waals surface area contributed by atoms with Crippen LogP contribution in [0.2, 0.25) is 0 Å². The average Bonchev–Trinajstić information content (AvgIpc) is 3.17. The van der Waals surface area contributed by atoms with Crippen LogP contribution >= 0.6 is 11.3 Å². The molecule has 2 heterocycles. The first-order valence-electron chi connectivity index (χ1n) is 6.79. The van der Waals surface area contributed by atoms with Crippen molar-refractivity contribution in [2.75, 3.05) is 11.9 Å². The smallest absolute Gasteiger partial charge is 0.139 e. The number of hydrogen-bond acceptors (Lipinski definition) is 5. The molecule has 2 aromatic rings. The number of thiophene rings is 1. The van der Waals surface area contributed by atoms with E-state index < -0.39 is 0 Å². The molecule has 1 saturated carbocycles. The highest BCUT2D eigenvalue weighted by atomic mass is 32.1. The standard InChI is InChI=1S/C14H19N3OS/c1-3-11-15-12(10-6-7-19-13(10)16-11)17-14(2,8-18)9-4-5-9/h6-7,9,18H,3-5,8H2,1-2H3,(H,15,16,17). The highest BCUT2D eigenvalue weighted by Crippen LogP contribution is 2.41. The monoisotopic (exact) mass is 277 g/mol. The molecule has 0 spiro atoms. The Kier molecular flexibility index (Phi) is 3.19. The number of aromatic nitrogens is 2. The Morgan fingerprint density at radius 2 is 2.26 bits per heavy atom. The predicted octanol–water partition coefficient (Wildman–Crippen LogP) is 2.83. The van der Waals surface area contributed by atoms with Crippen LogP contribution in [0.5, 0.6) is 0 Å². The number of aliphatic hydroxyl groups excluding tert-OH is 1. The Bertz CT molecular complexity index is 593. The minimum atomic E-state index is -0.270. The first-order chi connectivity index (χ1) is 9.16. The molecular weight excluding hydrogens is 258 g/mol. The third-order valence-corrected chi connectivity index (χ3v) is 4.71. The SMILES string of the molecule is CCc1nc(NC(C)(CO)C2CC2)c2ccsc2n1. The van der Waals surface area contributed by atoms with Gasteiger partial charge in [-0.2, -0.15) is 0 Å². The summed E-state index contributed by atoms with van der Waals surface area (Å²) in [7, 11) is 0. The predicted molar refractivity (Wildman–Crippen MR) is 78.6 cm³/mol.